The highest BCUT2D eigenvalue weighted by atomic mass is 79.9. The van der Waals surface area contributed by atoms with Gasteiger partial charge >= 0.3 is 0 Å². The fourth-order valence-corrected chi connectivity index (χ4v) is 2.90. The third kappa shape index (κ3) is 4.92. The summed E-state index contributed by atoms with van der Waals surface area (Å²) in [6.45, 7) is 8.31. The van der Waals surface area contributed by atoms with Crippen LogP contribution in [0, 0.1) is 5.41 Å². The zero-order valence-electron chi connectivity index (χ0n) is 12.1. The average molecular weight is 364 g/mol. The van der Waals surface area contributed by atoms with Crippen LogP contribution in [0.4, 0.5) is 0 Å². The number of piperidine rings is 1. The molecule has 0 radical (unpaired) electrons. The molecule has 1 aromatic rings. The molecule has 0 aliphatic carbocycles. The van der Waals surface area contributed by atoms with E-state index in [0.717, 1.165) is 42.9 Å². The van der Waals surface area contributed by atoms with Gasteiger partial charge in [-0.15, -0.1) is 12.4 Å². The Morgan fingerprint density at radius 1 is 1.45 bits per heavy atom. The van der Waals surface area contributed by atoms with Gasteiger partial charge in [0.25, 0.3) is 0 Å². The third-order valence-corrected chi connectivity index (χ3v) is 4.36. The average Bonchev–Trinajstić information content (AvgIpc) is 2.33. The summed E-state index contributed by atoms with van der Waals surface area (Å²) in [6, 6.07) is 8.29. The minimum atomic E-state index is 0. The Morgan fingerprint density at radius 3 is 2.85 bits per heavy atom. The van der Waals surface area contributed by atoms with Crippen molar-refractivity contribution in [3.8, 4) is 5.75 Å². The van der Waals surface area contributed by atoms with Gasteiger partial charge in [-0.2, -0.15) is 0 Å². The molecule has 20 heavy (non-hydrogen) atoms. The maximum Gasteiger partial charge on any atom is 0.120 e. The Bertz CT molecular complexity index is 428. The predicted octanol–water partition coefficient (Wildman–Crippen LogP) is 3.31. The number of nitrogens with two attached hydrogens (primary N) is 1. The molecule has 5 heteroatoms. The van der Waals surface area contributed by atoms with Gasteiger partial charge in [0.2, 0.25) is 0 Å². The molecule has 3 nitrogen and oxygen atoms in total. The highest BCUT2D eigenvalue weighted by Gasteiger charge is 2.32. The first-order chi connectivity index (χ1) is 8.97. The van der Waals surface area contributed by atoms with E-state index in [-0.39, 0.29) is 17.8 Å². The van der Waals surface area contributed by atoms with Gasteiger partial charge in [-0.3, -0.25) is 4.90 Å². The van der Waals surface area contributed by atoms with Crippen LogP contribution in [0.1, 0.15) is 20.3 Å². The Balaban J connectivity index is 0.00000200. The van der Waals surface area contributed by atoms with E-state index < -0.39 is 0 Å². The quantitative estimate of drug-likeness (QED) is 0.892. The molecule has 0 bridgehead atoms. The number of halogens is 2. The van der Waals surface area contributed by atoms with E-state index >= 15 is 0 Å². The summed E-state index contributed by atoms with van der Waals surface area (Å²) in [5.41, 5.74) is 6.35. The van der Waals surface area contributed by atoms with E-state index in [9.17, 15) is 0 Å². The Morgan fingerprint density at radius 2 is 2.20 bits per heavy atom. The van der Waals surface area contributed by atoms with Crippen LogP contribution < -0.4 is 10.5 Å². The van der Waals surface area contributed by atoms with Crippen molar-refractivity contribution in [2.45, 2.75) is 26.3 Å². The largest absolute Gasteiger partial charge is 0.492 e. The molecule has 0 aromatic heterocycles. The second-order valence-electron chi connectivity index (χ2n) is 5.97. The Labute approximate surface area is 136 Å². The molecule has 0 spiro atoms. The summed E-state index contributed by atoms with van der Waals surface area (Å²) < 4.78 is 6.83. The van der Waals surface area contributed by atoms with Crippen molar-refractivity contribution in [1.82, 2.24) is 4.90 Å². The fourth-order valence-electron chi connectivity index (χ4n) is 2.53. The molecule has 1 unspecified atom stereocenters. The Kier molecular flexibility index (Phi) is 6.79. The van der Waals surface area contributed by atoms with Crippen LogP contribution in [0.5, 0.6) is 5.75 Å². The lowest BCUT2D eigenvalue weighted by molar-refractivity contribution is 0.0831. The summed E-state index contributed by atoms with van der Waals surface area (Å²) in [6.07, 6.45) is 1.07. The van der Waals surface area contributed by atoms with Crippen molar-refractivity contribution in [1.29, 1.82) is 0 Å². The SMILES string of the molecule is CC1(C)CN(CCOc2cccc(Br)c2)CCC1N.Cl. The maximum absolute atomic E-state index is 6.15. The minimum Gasteiger partial charge on any atom is -0.492 e. The van der Waals surface area contributed by atoms with E-state index in [0.29, 0.717) is 6.04 Å². The molecule has 1 saturated heterocycles. The first-order valence-electron chi connectivity index (χ1n) is 6.84. The second kappa shape index (κ2) is 7.64. The second-order valence-corrected chi connectivity index (χ2v) is 6.88. The zero-order valence-corrected chi connectivity index (χ0v) is 14.5. The molecule has 1 aliphatic rings. The van der Waals surface area contributed by atoms with Crippen LogP contribution in [0.25, 0.3) is 0 Å². The smallest absolute Gasteiger partial charge is 0.120 e. The summed E-state index contributed by atoms with van der Waals surface area (Å²) in [5, 5.41) is 0. The van der Waals surface area contributed by atoms with Gasteiger partial charge < -0.3 is 10.5 Å². The molecule has 0 amide bonds. The normalized spacial score (nSPS) is 22.1. The molecule has 114 valence electrons. The standard InChI is InChI=1S/C15H23BrN2O.ClH/c1-15(2)11-18(7-6-14(15)17)8-9-19-13-5-3-4-12(16)10-13;/h3-5,10,14H,6-9,11,17H2,1-2H3;1H. The van der Waals surface area contributed by atoms with Crippen molar-refractivity contribution >= 4 is 28.3 Å². The van der Waals surface area contributed by atoms with Gasteiger partial charge in [0, 0.05) is 23.6 Å². The lowest BCUT2D eigenvalue weighted by atomic mass is 9.80. The molecule has 1 fully saturated rings. The number of rotatable bonds is 4. The molecule has 1 atom stereocenters. The van der Waals surface area contributed by atoms with Gasteiger partial charge in [0.1, 0.15) is 12.4 Å². The third-order valence-electron chi connectivity index (χ3n) is 3.86. The van der Waals surface area contributed by atoms with Crippen molar-refractivity contribution in [2.24, 2.45) is 11.1 Å². The highest BCUT2D eigenvalue weighted by Crippen LogP contribution is 2.27. The molecule has 2 rings (SSSR count). The summed E-state index contributed by atoms with van der Waals surface area (Å²) in [5.74, 6) is 0.919. The molecule has 0 saturated carbocycles. The van der Waals surface area contributed by atoms with Crippen LogP contribution in [0.2, 0.25) is 0 Å². The molecule has 2 N–H and O–H groups in total. The van der Waals surface area contributed by atoms with E-state index in [1.54, 1.807) is 0 Å². The molecule has 1 heterocycles. The van der Waals surface area contributed by atoms with Crippen LogP contribution in [0.3, 0.4) is 0 Å². The van der Waals surface area contributed by atoms with E-state index in [1.807, 2.05) is 24.3 Å². The van der Waals surface area contributed by atoms with Crippen molar-refractivity contribution in [3.63, 3.8) is 0 Å². The number of ether oxygens (including phenoxy) is 1. The highest BCUT2D eigenvalue weighted by molar-refractivity contribution is 9.10. The first kappa shape index (κ1) is 17.8. The van der Waals surface area contributed by atoms with Crippen molar-refractivity contribution < 1.29 is 4.74 Å². The number of hydrogen-bond donors (Lipinski definition) is 1. The maximum atomic E-state index is 6.15. The minimum absolute atomic E-state index is 0. The van der Waals surface area contributed by atoms with Gasteiger partial charge in [0.15, 0.2) is 0 Å². The predicted molar refractivity (Wildman–Crippen MR) is 89.7 cm³/mol. The van der Waals surface area contributed by atoms with Crippen LogP contribution in [0.15, 0.2) is 28.7 Å². The number of benzene rings is 1. The number of hydrogen-bond acceptors (Lipinski definition) is 3. The first-order valence-corrected chi connectivity index (χ1v) is 7.63. The van der Waals surface area contributed by atoms with Gasteiger partial charge in [0.05, 0.1) is 0 Å². The van der Waals surface area contributed by atoms with E-state index in [4.69, 9.17) is 10.5 Å². The summed E-state index contributed by atoms with van der Waals surface area (Å²) in [7, 11) is 0. The summed E-state index contributed by atoms with van der Waals surface area (Å²) >= 11 is 3.45. The van der Waals surface area contributed by atoms with Gasteiger partial charge in [-0.25, -0.2) is 0 Å². The van der Waals surface area contributed by atoms with Gasteiger partial charge in [-0.1, -0.05) is 35.8 Å². The van der Waals surface area contributed by atoms with E-state index in [1.165, 1.54) is 0 Å². The number of nitrogens with zero attached hydrogens (tertiary/aromatic N) is 1. The zero-order chi connectivity index (χ0) is 13.9. The fraction of sp³-hybridized carbons (Fsp3) is 0.600. The van der Waals surface area contributed by atoms with Gasteiger partial charge in [-0.05, 0) is 36.6 Å². The Hall–Kier alpha value is -0.290. The lowest BCUT2D eigenvalue weighted by Crippen LogP contribution is -2.53. The molecular formula is C15H24BrClN2O. The molecule has 1 aliphatic heterocycles. The van der Waals surface area contributed by atoms with E-state index in [2.05, 4.69) is 34.7 Å². The molecule has 1 aromatic carbocycles. The lowest BCUT2D eigenvalue weighted by Gasteiger charge is -2.42. The van der Waals surface area contributed by atoms with Crippen molar-refractivity contribution in [3.05, 3.63) is 28.7 Å². The molecular weight excluding hydrogens is 340 g/mol. The van der Waals surface area contributed by atoms with Crippen LogP contribution >= 0.6 is 28.3 Å². The topological polar surface area (TPSA) is 38.5 Å². The number of likely N-dealkylation sites (tertiary alicyclic amines) is 1. The monoisotopic (exact) mass is 362 g/mol. The van der Waals surface area contributed by atoms with Crippen LogP contribution in [-0.4, -0.2) is 37.2 Å². The summed E-state index contributed by atoms with van der Waals surface area (Å²) in [4.78, 5) is 2.45. The van der Waals surface area contributed by atoms with Crippen molar-refractivity contribution in [2.75, 3.05) is 26.2 Å². The van der Waals surface area contributed by atoms with Crippen LogP contribution in [-0.2, 0) is 0 Å².